The van der Waals surface area contributed by atoms with E-state index in [2.05, 4.69) is 0 Å². The SMILES string of the molecule is CCN(OC(=O)c1ccccc1N)[C@@H](CO)C(=O)O. The van der Waals surface area contributed by atoms with E-state index in [0.29, 0.717) is 0 Å². The van der Waals surface area contributed by atoms with Crippen LogP contribution in [0.25, 0.3) is 0 Å². The zero-order valence-electron chi connectivity index (χ0n) is 10.4. The summed E-state index contributed by atoms with van der Waals surface area (Å²) in [6.07, 6.45) is 0. The molecule has 0 fully saturated rings. The second-order valence-corrected chi connectivity index (χ2v) is 3.74. The van der Waals surface area contributed by atoms with Gasteiger partial charge in [-0.1, -0.05) is 12.1 Å². The molecule has 7 heteroatoms. The number of hydroxylamine groups is 2. The van der Waals surface area contributed by atoms with Crippen molar-refractivity contribution in [3.8, 4) is 0 Å². The first kappa shape index (κ1) is 14.9. The van der Waals surface area contributed by atoms with Gasteiger partial charge in [-0.15, -0.1) is 5.06 Å². The van der Waals surface area contributed by atoms with Crippen LogP contribution in [0.3, 0.4) is 0 Å². The van der Waals surface area contributed by atoms with E-state index in [4.69, 9.17) is 20.8 Å². The minimum Gasteiger partial charge on any atom is -0.480 e. The largest absolute Gasteiger partial charge is 0.480 e. The van der Waals surface area contributed by atoms with Gasteiger partial charge in [-0.2, -0.15) is 0 Å². The topological polar surface area (TPSA) is 113 Å². The maximum atomic E-state index is 11.9. The average molecular weight is 268 g/mol. The highest BCUT2D eigenvalue weighted by Crippen LogP contribution is 2.13. The molecule has 0 aromatic heterocycles. The molecule has 0 radical (unpaired) electrons. The Bertz CT molecular complexity index is 463. The van der Waals surface area contributed by atoms with Crippen LogP contribution in [-0.2, 0) is 9.63 Å². The number of nitrogens with zero attached hydrogens (tertiary/aromatic N) is 1. The van der Waals surface area contributed by atoms with Gasteiger partial charge in [0.05, 0.1) is 12.2 Å². The van der Waals surface area contributed by atoms with Gasteiger partial charge in [0.1, 0.15) is 0 Å². The van der Waals surface area contributed by atoms with E-state index in [9.17, 15) is 9.59 Å². The summed E-state index contributed by atoms with van der Waals surface area (Å²) in [6.45, 7) is 1.06. The molecule has 0 saturated carbocycles. The number of carboxylic acids is 1. The molecular formula is C12H16N2O5. The minimum atomic E-state index is -1.31. The summed E-state index contributed by atoms with van der Waals surface area (Å²) < 4.78 is 0. The fraction of sp³-hybridized carbons (Fsp3) is 0.333. The summed E-state index contributed by atoms with van der Waals surface area (Å²) in [5.41, 5.74) is 6.00. The molecule has 0 amide bonds. The number of anilines is 1. The highest BCUT2D eigenvalue weighted by atomic mass is 16.7. The van der Waals surface area contributed by atoms with E-state index < -0.39 is 24.6 Å². The number of rotatable bonds is 6. The molecule has 0 aliphatic rings. The first-order chi connectivity index (χ1) is 9.01. The maximum absolute atomic E-state index is 11.9. The van der Waals surface area contributed by atoms with Crippen LogP contribution in [0, 0.1) is 0 Å². The lowest BCUT2D eigenvalue weighted by Crippen LogP contribution is -2.44. The van der Waals surface area contributed by atoms with Crippen LogP contribution >= 0.6 is 0 Å². The summed E-state index contributed by atoms with van der Waals surface area (Å²) >= 11 is 0. The molecule has 1 aromatic carbocycles. The smallest absolute Gasteiger partial charge is 0.359 e. The van der Waals surface area contributed by atoms with Gasteiger partial charge in [-0.05, 0) is 19.1 Å². The number of hydrogen-bond donors (Lipinski definition) is 3. The van der Waals surface area contributed by atoms with Crippen molar-refractivity contribution in [3.63, 3.8) is 0 Å². The Morgan fingerprint density at radius 3 is 2.53 bits per heavy atom. The molecule has 0 aliphatic carbocycles. The maximum Gasteiger partial charge on any atom is 0.359 e. The first-order valence-corrected chi connectivity index (χ1v) is 5.68. The third-order valence-electron chi connectivity index (χ3n) is 2.50. The number of aliphatic hydroxyl groups excluding tert-OH is 1. The number of hydrogen-bond acceptors (Lipinski definition) is 6. The summed E-state index contributed by atoms with van der Waals surface area (Å²) in [6, 6.07) is 4.98. The van der Waals surface area contributed by atoms with Crippen LogP contribution < -0.4 is 5.73 Å². The molecule has 0 spiro atoms. The van der Waals surface area contributed by atoms with Gasteiger partial charge in [0.2, 0.25) is 0 Å². The van der Waals surface area contributed by atoms with Crippen LogP contribution in [0.4, 0.5) is 5.69 Å². The molecule has 0 bridgehead atoms. The second-order valence-electron chi connectivity index (χ2n) is 3.74. The fourth-order valence-corrected chi connectivity index (χ4v) is 1.48. The normalized spacial score (nSPS) is 12.2. The third kappa shape index (κ3) is 3.67. The van der Waals surface area contributed by atoms with E-state index >= 15 is 0 Å². The number of nitrogen functional groups attached to an aromatic ring is 1. The van der Waals surface area contributed by atoms with Crippen LogP contribution in [0.15, 0.2) is 24.3 Å². The lowest BCUT2D eigenvalue weighted by atomic mass is 10.2. The Kier molecular flexibility index (Phi) is 5.28. The molecule has 19 heavy (non-hydrogen) atoms. The van der Waals surface area contributed by atoms with Crippen LogP contribution in [0.2, 0.25) is 0 Å². The zero-order chi connectivity index (χ0) is 14.4. The van der Waals surface area contributed by atoms with E-state index in [1.807, 2.05) is 0 Å². The van der Waals surface area contributed by atoms with Crippen molar-refractivity contribution in [3.05, 3.63) is 29.8 Å². The van der Waals surface area contributed by atoms with E-state index in [1.165, 1.54) is 12.1 Å². The minimum absolute atomic E-state index is 0.121. The van der Waals surface area contributed by atoms with Gasteiger partial charge in [0.25, 0.3) is 0 Å². The molecule has 0 heterocycles. The Labute approximate surface area is 110 Å². The molecule has 0 unspecified atom stereocenters. The van der Waals surface area contributed by atoms with Crippen molar-refractivity contribution in [1.29, 1.82) is 0 Å². The predicted molar refractivity (Wildman–Crippen MR) is 67.2 cm³/mol. The van der Waals surface area contributed by atoms with Gasteiger partial charge >= 0.3 is 11.9 Å². The number of carbonyl (C=O) groups excluding carboxylic acids is 1. The number of nitrogens with two attached hydrogens (primary N) is 1. The van der Waals surface area contributed by atoms with E-state index in [0.717, 1.165) is 5.06 Å². The Morgan fingerprint density at radius 1 is 1.42 bits per heavy atom. The Balaban J connectivity index is 2.84. The average Bonchev–Trinajstić information content (AvgIpc) is 2.38. The standard InChI is InChI=1S/C12H16N2O5/c1-2-14(10(7-15)11(16)17)19-12(18)8-5-3-4-6-9(8)13/h3-6,10,15H,2,7,13H2,1H3,(H,16,17)/t10-/m0/s1. The van der Waals surface area contributed by atoms with Crippen molar-refractivity contribution < 1.29 is 24.6 Å². The monoisotopic (exact) mass is 268 g/mol. The highest BCUT2D eigenvalue weighted by molar-refractivity contribution is 5.94. The number of benzene rings is 1. The van der Waals surface area contributed by atoms with Crippen molar-refractivity contribution in [2.24, 2.45) is 0 Å². The number of likely N-dealkylation sites (N-methyl/N-ethyl adjacent to an activating group) is 1. The Hall–Kier alpha value is -2.12. The van der Waals surface area contributed by atoms with Crippen molar-refractivity contribution in [2.45, 2.75) is 13.0 Å². The first-order valence-electron chi connectivity index (χ1n) is 5.68. The van der Waals surface area contributed by atoms with Gasteiger partial charge in [0, 0.05) is 12.2 Å². The lowest BCUT2D eigenvalue weighted by molar-refractivity contribution is -0.175. The summed E-state index contributed by atoms with van der Waals surface area (Å²) in [7, 11) is 0. The number of aliphatic hydroxyl groups is 1. The summed E-state index contributed by atoms with van der Waals surface area (Å²) in [4.78, 5) is 27.7. The quantitative estimate of drug-likeness (QED) is 0.495. The van der Waals surface area contributed by atoms with Gasteiger partial charge in [0.15, 0.2) is 6.04 Å². The zero-order valence-corrected chi connectivity index (χ0v) is 10.4. The van der Waals surface area contributed by atoms with E-state index in [-0.39, 0.29) is 17.8 Å². The van der Waals surface area contributed by atoms with Crippen molar-refractivity contribution in [2.75, 3.05) is 18.9 Å². The van der Waals surface area contributed by atoms with Crippen molar-refractivity contribution >= 4 is 17.6 Å². The summed E-state index contributed by atoms with van der Waals surface area (Å²) in [5.74, 6) is -2.04. The number of aliphatic carboxylic acids is 1. The van der Waals surface area contributed by atoms with Gasteiger partial charge in [-0.25, -0.2) is 4.79 Å². The Morgan fingerprint density at radius 2 is 2.05 bits per heavy atom. The third-order valence-corrected chi connectivity index (χ3v) is 2.50. The molecular weight excluding hydrogens is 252 g/mol. The fourth-order valence-electron chi connectivity index (χ4n) is 1.48. The molecule has 1 rings (SSSR count). The number of para-hydroxylation sites is 1. The second kappa shape index (κ2) is 6.72. The molecule has 1 aromatic rings. The molecule has 4 N–H and O–H groups in total. The van der Waals surface area contributed by atoms with Crippen LogP contribution in [-0.4, -0.2) is 46.4 Å². The van der Waals surface area contributed by atoms with Gasteiger partial charge in [-0.3, -0.25) is 4.79 Å². The molecule has 0 saturated heterocycles. The molecule has 7 nitrogen and oxygen atoms in total. The number of carbonyl (C=O) groups is 2. The highest BCUT2D eigenvalue weighted by Gasteiger charge is 2.27. The number of carboxylic acid groups (broad SMARTS) is 1. The van der Waals surface area contributed by atoms with E-state index in [1.54, 1.807) is 19.1 Å². The molecule has 0 aliphatic heterocycles. The van der Waals surface area contributed by atoms with Crippen molar-refractivity contribution in [1.82, 2.24) is 5.06 Å². The molecule has 1 atom stereocenters. The predicted octanol–water partition coefficient (Wildman–Crippen LogP) is 0.108. The van der Waals surface area contributed by atoms with Crippen LogP contribution in [0.5, 0.6) is 0 Å². The van der Waals surface area contributed by atoms with Gasteiger partial charge < -0.3 is 20.8 Å². The molecule has 104 valence electrons. The lowest BCUT2D eigenvalue weighted by Gasteiger charge is -2.24. The summed E-state index contributed by atoms with van der Waals surface area (Å²) in [5, 5.41) is 18.8. The van der Waals surface area contributed by atoms with Crippen LogP contribution in [0.1, 0.15) is 17.3 Å².